The van der Waals surface area contributed by atoms with Crippen LogP contribution in [0, 0.1) is 0 Å². The van der Waals surface area contributed by atoms with Crippen LogP contribution in [0.25, 0.3) is 0 Å². The summed E-state index contributed by atoms with van der Waals surface area (Å²) in [5.41, 5.74) is 2.44. The molecular formula is C32H40N4O6. The van der Waals surface area contributed by atoms with E-state index in [0.717, 1.165) is 50.4 Å². The Hall–Kier alpha value is -4.28. The van der Waals surface area contributed by atoms with Crippen molar-refractivity contribution in [2.45, 2.75) is 25.5 Å². The van der Waals surface area contributed by atoms with Gasteiger partial charge >= 0.3 is 6.03 Å². The molecule has 3 aromatic carbocycles. The number of anilines is 1. The normalized spacial score (nSPS) is 14.0. The minimum Gasteiger partial charge on any atom is -0.497 e. The highest BCUT2D eigenvalue weighted by atomic mass is 16.5. The van der Waals surface area contributed by atoms with E-state index in [1.54, 1.807) is 44.6 Å². The molecule has 224 valence electrons. The van der Waals surface area contributed by atoms with Crippen LogP contribution in [0.1, 0.15) is 17.5 Å². The van der Waals surface area contributed by atoms with Crippen molar-refractivity contribution in [3.8, 4) is 17.2 Å². The SMILES string of the molecule is COc1cc(COc2ccc(NC(=O)N[C@@H](Cc3ccccc3)C(=O)NCCCN3CCOCC3)cc2)cc(OC)c1. The highest BCUT2D eigenvalue weighted by Crippen LogP contribution is 2.24. The molecule has 0 radical (unpaired) electrons. The number of urea groups is 1. The molecule has 0 spiro atoms. The molecule has 0 aliphatic carbocycles. The van der Waals surface area contributed by atoms with Gasteiger partial charge in [0, 0.05) is 37.8 Å². The van der Waals surface area contributed by atoms with Crippen molar-refractivity contribution >= 4 is 17.6 Å². The third kappa shape index (κ3) is 9.97. The zero-order valence-electron chi connectivity index (χ0n) is 24.3. The maximum atomic E-state index is 13.1. The largest absolute Gasteiger partial charge is 0.497 e. The quantitative estimate of drug-likeness (QED) is 0.250. The minimum absolute atomic E-state index is 0.214. The first-order valence-electron chi connectivity index (χ1n) is 14.2. The maximum absolute atomic E-state index is 13.1. The lowest BCUT2D eigenvalue weighted by atomic mass is 10.1. The lowest BCUT2D eigenvalue weighted by molar-refractivity contribution is -0.122. The molecule has 1 fully saturated rings. The number of morpholine rings is 1. The Labute approximate surface area is 247 Å². The molecule has 1 aliphatic heterocycles. The summed E-state index contributed by atoms with van der Waals surface area (Å²) >= 11 is 0. The van der Waals surface area contributed by atoms with Crippen LogP contribution in [-0.4, -0.2) is 76.5 Å². The van der Waals surface area contributed by atoms with Gasteiger partial charge in [0.15, 0.2) is 0 Å². The molecule has 1 aliphatic rings. The predicted octanol–water partition coefficient (Wildman–Crippen LogP) is 3.85. The zero-order chi connectivity index (χ0) is 29.6. The second-order valence-corrected chi connectivity index (χ2v) is 9.97. The summed E-state index contributed by atoms with van der Waals surface area (Å²) < 4.78 is 21.9. The molecule has 10 nitrogen and oxygen atoms in total. The van der Waals surface area contributed by atoms with Gasteiger partial charge in [0.25, 0.3) is 0 Å². The second-order valence-electron chi connectivity index (χ2n) is 9.97. The van der Waals surface area contributed by atoms with Crippen LogP contribution in [0.2, 0.25) is 0 Å². The fourth-order valence-electron chi connectivity index (χ4n) is 4.60. The fourth-order valence-corrected chi connectivity index (χ4v) is 4.60. The van der Waals surface area contributed by atoms with Crippen molar-refractivity contribution in [2.24, 2.45) is 0 Å². The average Bonchev–Trinajstić information content (AvgIpc) is 3.03. The van der Waals surface area contributed by atoms with Crippen molar-refractivity contribution < 1.29 is 28.5 Å². The highest BCUT2D eigenvalue weighted by molar-refractivity contribution is 5.93. The van der Waals surface area contributed by atoms with Crippen LogP contribution in [0.3, 0.4) is 0 Å². The molecule has 0 bridgehead atoms. The van der Waals surface area contributed by atoms with Gasteiger partial charge < -0.3 is 34.9 Å². The predicted molar refractivity (Wildman–Crippen MR) is 161 cm³/mol. The van der Waals surface area contributed by atoms with Crippen LogP contribution in [-0.2, 0) is 22.6 Å². The summed E-state index contributed by atoms with van der Waals surface area (Å²) in [5.74, 6) is 1.80. The number of methoxy groups -OCH3 is 2. The van der Waals surface area contributed by atoms with Crippen LogP contribution < -0.4 is 30.2 Å². The van der Waals surface area contributed by atoms with Crippen molar-refractivity contribution in [1.82, 2.24) is 15.5 Å². The minimum atomic E-state index is -0.724. The molecule has 1 heterocycles. The first-order chi connectivity index (χ1) is 20.5. The third-order valence-corrected chi connectivity index (χ3v) is 6.89. The number of carbonyl (C=O) groups excluding carboxylic acids is 2. The van der Waals surface area contributed by atoms with E-state index in [9.17, 15) is 9.59 Å². The van der Waals surface area contributed by atoms with Crippen molar-refractivity contribution in [1.29, 1.82) is 0 Å². The van der Waals surface area contributed by atoms with Crippen LogP contribution >= 0.6 is 0 Å². The van der Waals surface area contributed by atoms with Crippen LogP contribution in [0.5, 0.6) is 17.2 Å². The first-order valence-corrected chi connectivity index (χ1v) is 14.2. The topological polar surface area (TPSA) is 110 Å². The molecule has 0 unspecified atom stereocenters. The smallest absolute Gasteiger partial charge is 0.319 e. The number of hydrogen-bond donors (Lipinski definition) is 3. The second kappa shape index (κ2) is 16.2. The van der Waals surface area contributed by atoms with E-state index in [2.05, 4.69) is 20.9 Å². The number of rotatable bonds is 14. The number of amides is 3. The Kier molecular flexibility index (Phi) is 11.9. The molecule has 1 atom stereocenters. The summed E-state index contributed by atoms with van der Waals surface area (Å²) in [6.45, 7) is 5.08. The van der Waals surface area contributed by atoms with E-state index < -0.39 is 12.1 Å². The number of carbonyl (C=O) groups is 2. The summed E-state index contributed by atoms with van der Waals surface area (Å²) in [4.78, 5) is 28.3. The number of benzene rings is 3. The van der Waals surface area contributed by atoms with Gasteiger partial charge in [0.1, 0.15) is 29.9 Å². The summed E-state index contributed by atoms with van der Waals surface area (Å²) in [6.07, 6.45) is 1.21. The molecule has 1 saturated heterocycles. The third-order valence-electron chi connectivity index (χ3n) is 6.89. The number of ether oxygens (including phenoxy) is 4. The van der Waals surface area contributed by atoms with E-state index in [1.807, 2.05) is 42.5 Å². The van der Waals surface area contributed by atoms with Gasteiger partial charge in [-0.15, -0.1) is 0 Å². The summed E-state index contributed by atoms with van der Waals surface area (Å²) in [7, 11) is 3.21. The van der Waals surface area contributed by atoms with E-state index in [4.69, 9.17) is 18.9 Å². The van der Waals surface area contributed by atoms with Crippen molar-refractivity contribution in [3.05, 3.63) is 83.9 Å². The zero-order valence-corrected chi connectivity index (χ0v) is 24.3. The number of nitrogens with one attached hydrogen (secondary N) is 3. The summed E-state index contributed by atoms with van der Waals surface area (Å²) in [6, 6.07) is 21.1. The van der Waals surface area contributed by atoms with Crippen LogP contribution in [0.15, 0.2) is 72.8 Å². The monoisotopic (exact) mass is 576 g/mol. The Balaban J connectivity index is 1.28. The Morgan fingerprint density at radius 3 is 2.24 bits per heavy atom. The number of hydrogen-bond acceptors (Lipinski definition) is 7. The first kappa shape index (κ1) is 30.7. The average molecular weight is 577 g/mol. The molecule has 4 rings (SSSR count). The molecular weight excluding hydrogens is 536 g/mol. The Morgan fingerprint density at radius 2 is 1.57 bits per heavy atom. The standard InChI is InChI=1S/C32H40N4O6/c1-39-28-19-25(20-29(22-28)40-2)23-42-27-11-9-26(10-12-27)34-32(38)35-30(21-24-7-4-3-5-8-24)31(37)33-13-6-14-36-15-17-41-18-16-36/h3-5,7-12,19-20,22,30H,6,13-18,21,23H2,1-2H3,(H,33,37)(H2,34,35,38)/t30-/m0/s1. The van der Waals surface area contributed by atoms with Crippen molar-refractivity contribution in [2.75, 3.05) is 58.9 Å². The highest BCUT2D eigenvalue weighted by Gasteiger charge is 2.21. The fraction of sp³-hybridized carbons (Fsp3) is 0.375. The molecule has 3 aromatic rings. The van der Waals surface area contributed by atoms with Gasteiger partial charge in [-0.2, -0.15) is 0 Å². The van der Waals surface area contributed by atoms with E-state index in [1.165, 1.54) is 0 Å². The lowest BCUT2D eigenvalue weighted by Crippen LogP contribution is -2.49. The van der Waals surface area contributed by atoms with Crippen molar-refractivity contribution in [3.63, 3.8) is 0 Å². The Morgan fingerprint density at radius 1 is 0.881 bits per heavy atom. The Bertz CT molecular complexity index is 1240. The lowest BCUT2D eigenvalue weighted by Gasteiger charge is -2.26. The molecule has 0 aromatic heterocycles. The molecule has 0 saturated carbocycles. The van der Waals surface area contributed by atoms with Gasteiger partial charge in [0.05, 0.1) is 27.4 Å². The van der Waals surface area contributed by atoms with Gasteiger partial charge in [-0.05, 0) is 60.5 Å². The maximum Gasteiger partial charge on any atom is 0.319 e. The van der Waals surface area contributed by atoms with E-state index in [0.29, 0.717) is 42.5 Å². The van der Waals surface area contributed by atoms with Crippen LogP contribution in [0.4, 0.5) is 10.5 Å². The van der Waals surface area contributed by atoms with E-state index >= 15 is 0 Å². The van der Waals surface area contributed by atoms with Gasteiger partial charge in [-0.1, -0.05) is 30.3 Å². The van der Waals surface area contributed by atoms with Gasteiger partial charge in [0.2, 0.25) is 5.91 Å². The summed E-state index contributed by atoms with van der Waals surface area (Å²) in [5, 5.41) is 8.65. The van der Waals surface area contributed by atoms with E-state index in [-0.39, 0.29) is 5.91 Å². The molecule has 42 heavy (non-hydrogen) atoms. The number of nitrogens with zero attached hydrogens (tertiary/aromatic N) is 1. The molecule has 3 N–H and O–H groups in total. The molecule has 3 amide bonds. The van der Waals surface area contributed by atoms with Gasteiger partial charge in [-0.25, -0.2) is 4.79 Å². The molecule has 10 heteroatoms. The van der Waals surface area contributed by atoms with Gasteiger partial charge in [-0.3, -0.25) is 9.69 Å².